The second-order valence-electron chi connectivity index (χ2n) is 6.47. The Labute approximate surface area is 162 Å². The summed E-state index contributed by atoms with van der Waals surface area (Å²) in [5.74, 6) is 0. The van der Waals surface area contributed by atoms with Gasteiger partial charge in [0.2, 0.25) is 0 Å². The van der Waals surface area contributed by atoms with Crippen LogP contribution in [0.2, 0.25) is 0 Å². The number of H-pyrrole nitrogens is 2. The topological polar surface area (TPSA) is 170 Å². The van der Waals surface area contributed by atoms with Crippen molar-refractivity contribution in [3.63, 3.8) is 0 Å². The summed E-state index contributed by atoms with van der Waals surface area (Å²) in [6.45, 7) is 0.0455. The number of nitrogens with one attached hydrogen (secondary N) is 2. The van der Waals surface area contributed by atoms with E-state index < -0.39 is 29.9 Å². The molecule has 3 rings (SSSR count). The van der Waals surface area contributed by atoms with Crippen LogP contribution in [-0.4, -0.2) is 35.9 Å². The summed E-state index contributed by atoms with van der Waals surface area (Å²) in [5, 5.41) is 11.3. The Morgan fingerprint density at radius 1 is 1.03 bits per heavy atom. The number of fused-ring (bicyclic) bond motifs is 1. The fourth-order valence-corrected chi connectivity index (χ4v) is 3.73. The first-order valence-corrected chi connectivity index (χ1v) is 10.2. The monoisotopic (exact) mass is 420 g/mol. The molecule has 12 heteroatoms. The second kappa shape index (κ2) is 8.10. The predicted molar refractivity (Wildman–Crippen MR) is 104 cm³/mol. The van der Waals surface area contributed by atoms with Crippen molar-refractivity contribution >= 4 is 24.3 Å². The van der Waals surface area contributed by atoms with E-state index in [0.29, 0.717) is 0 Å². The Balaban J connectivity index is 2.08. The third-order valence-corrected chi connectivity index (χ3v) is 4.90. The molecule has 0 aliphatic carbocycles. The van der Waals surface area contributed by atoms with Crippen LogP contribution in [0.25, 0.3) is 11.0 Å². The highest BCUT2D eigenvalue weighted by Crippen LogP contribution is 2.36. The van der Waals surface area contributed by atoms with Gasteiger partial charge < -0.3 is 19.8 Å². The van der Waals surface area contributed by atoms with Crippen molar-refractivity contribution in [1.29, 1.82) is 0 Å². The molecule has 0 saturated carbocycles. The van der Waals surface area contributed by atoms with Crippen molar-refractivity contribution in [2.75, 3.05) is 6.29 Å². The molecule has 0 radical (unpaired) electrons. The average Bonchev–Trinajstić information content (AvgIpc) is 2.62. The highest BCUT2D eigenvalue weighted by atomic mass is 31.2. The number of hydrogen-bond acceptors (Lipinski definition) is 6. The predicted octanol–water partition coefficient (Wildman–Crippen LogP) is 1.26. The van der Waals surface area contributed by atoms with E-state index in [4.69, 9.17) is 0 Å². The molecular weight excluding hydrogens is 403 g/mol. The molecule has 4 N–H and O–H groups in total. The summed E-state index contributed by atoms with van der Waals surface area (Å²) in [7, 11) is -4.44. The summed E-state index contributed by atoms with van der Waals surface area (Å²) in [5.41, 5.74) is -0.994. The van der Waals surface area contributed by atoms with Gasteiger partial charge in [0.1, 0.15) is 6.29 Å². The number of benzene rings is 2. The number of non-ortho nitro benzene ring substituents is 1. The molecule has 0 unspecified atom stereocenters. The number of rotatable bonds is 7. The Morgan fingerprint density at radius 3 is 2.31 bits per heavy atom. The number of hydrogen-bond donors (Lipinski definition) is 4. The molecular formula is C17H17N4O7P. The van der Waals surface area contributed by atoms with Crippen LogP contribution in [0.1, 0.15) is 11.1 Å². The van der Waals surface area contributed by atoms with E-state index in [0.717, 1.165) is 11.6 Å². The molecule has 0 aliphatic rings. The zero-order chi connectivity index (χ0) is 21.2. The fourth-order valence-electron chi connectivity index (χ4n) is 3.01. The van der Waals surface area contributed by atoms with E-state index in [-0.39, 0.29) is 35.4 Å². The minimum absolute atomic E-state index is 0.0506. The van der Waals surface area contributed by atoms with E-state index >= 15 is 0 Å². The molecule has 1 heterocycles. The minimum Gasteiger partial charge on any atom is -0.324 e. The van der Waals surface area contributed by atoms with E-state index in [2.05, 4.69) is 9.97 Å². The zero-order valence-corrected chi connectivity index (χ0v) is 15.8. The van der Waals surface area contributed by atoms with Gasteiger partial charge in [-0.15, -0.1) is 0 Å². The summed E-state index contributed by atoms with van der Waals surface area (Å²) in [4.78, 5) is 58.9. The normalized spacial score (nSPS) is 11.8. The van der Waals surface area contributed by atoms with E-state index in [1.54, 1.807) is 30.3 Å². The standard InChI is InChI=1S/C17H17N4O7P/c22-16-17(23)19-15-12(6-13(21(24)25)7-14(15)18-16)9-20(10-29(26,27)28)8-11-4-2-1-3-5-11/h1-7H,8-10H2,(H,18,22)(H,19,23)(H2,26,27,28). The lowest BCUT2D eigenvalue weighted by molar-refractivity contribution is -0.384. The van der Waals surface area contributed by atoms with Gasteiger partial charge >= 0.3 is 18.7 Å². The first kappa shape index (κ1) is 20.6. The molecule has 152 valence electrons. The highest BCUT2D eigenvalue weighted by Gasteiger charge is 2.22. The van der Waals surface area contributed by atoms with Crippen LogP contribution >= 0.6 is 7.60 Å². The van der Waals surface area contributed by atoms with Crippen LogP contribution in [0.3, 0.4) is 0 Å². The molecule has 0 atom stereocenters. The van der Waals surface area contributed by atoms with Gasteiger partial charge in [-0.1, -0.05) is 30.3 Å². The molecule has 0 fully saturated rings. The summed E-state index contributed by atoms with van der Waals surface area (Å²) in [6.07, 6.45) is -0.598. The van der Waals surface area contributed by atoms with Crippen LogP contribution in [0, 0.1) is 10.1 Å². The van der Waals surface area contributed by atoms with Crippen molar-refractivity contribution in [3.05, 3.63) is 84.4 Å². The second-order valence-corrected chi connectivity index (χ2v) is 8.08. The Morgan fingerprint density at radius 2 is 1.69 bits per heavy atom. The molecule has 2 aromatic carbocycles. The lowest BCUT2D eigenvalue weighted by Gasteiger charge is -2.23. The highest BCUT2D eigenvalue weighted by molar-refractivity contribution is 7.51. The van der Waals surface area contributed by atoms with Gasteiger partial charge in [0.15, 0.2) is 0 Å². The maximum atomic E-state index is 11.7. The molecule has 0 amide bonds. The van der Waals surface area contributed by atoms with Gasteiger partial charge in [-0.25, -0.2) is 0 Å². The molecule has 11 nitrogen and oxygen atoms in total. The first-order chi connectivity index (χ1) is 13.6. The van der Waals surface area contributed by atoms with E-state index in [1.807, 2.05) is 0 Å². The van der Waals surface area contributed by atoms with E-state index in [9.17, 15) is 34.1 Å². The van der Waals surface area contributed by atoms with E-state index in [1.165, 1.54) is 11.0 Å². The summed E-state index contributed by atoms with van der Waals surface area (Å²) < 4.78 is 11.6. The maximum absolute atomic E-state index is 11.7. The van der Waals surface area contributed by atoms with Gasteiger partial charge in [0.25, 0.3) is 5.69 Å². The molecule has 0 bridgehead atoms. The van der Waals surface area contributed by atoms with Gasteiger partial charge in [0.05, 0.1) is 16.0 Å². The molecule has 29 heavy (non-hydrogen) atoms. The first-order valence-electron chi connectivity index (χ1n) is 8.37. The third kappa shape index (κ3) is 5.24. The van der Waals surface area contributed by atoms with Crippen molar-refractivity contribution in [2.45, 2.75) is 13.1 Å². The molecule has 0 spiro atoms. The van der Waals surface area contributed by atoms with Crippen LogP contribution in [0.5, 0.6) is 0 Å². The molecule has 0 aliphatic heterocycles. The summed E-state index contributed by atoms with van der Waals surface area (Å²) >= 11 is 0. The number of nitrogens with zero attached hydrogens (tertiary/aromatic N) is 2. The third-order valence-electron chi connectivity index (χ3n) is 4.14. The quantitative estimate of drug-likeness (QED) is 0.192. The van der Waals surface area contributed by atoms with Gasteiger partial charge in [-0.2, -0.15) is 0 Å². The largest absolute Gasteiger partial charge is 0.339 e. The summed E-state index contributed by atoms with van der Waals surface area (Å²) in [6, 6.07) is 11.2. The minimum atomic E-state index is -4.44. The van der Waals surface area contributed by atoms with Crippen molar-refractivity contribution < 1.29 is 19.3 Å². The van der Waals surface area contributed by atoms with Crippen molar-refractivity contribution in [2.24, 2.45) is 0 Å². The lowest BCUT2D eigenvalue weighted by atomic mass is 10.1. The average molecular weight is 420 g/mol. The SMILES string of the molecule is O=c1[nH]c2cc([N+](=O)[O-])cc(CN(Cc3ccccc3)CP(=O)(O)O)c2[nH]c1=O. The Bertz CT molecular complexity index is 1220. The van der Waals surface area contributed by atoms with Crippen LogP contribution in [-0.2, 0) is 17.7 Å². The smallest absolute Gasteiger partial charge is 0.324 e. The van der Waals surface area contributed by atoms with Gasteiger partial charge in [-0.05, 0) is 11.1 Å². The lowest BCUT2D eigenvalue weighted by Crippen LogP contribution is -2.30. The van der Waals surface area contributed by atoms with Crippen LogP contribution in [0.4, 0.5) is 5.69 Å². The van der Waals surface area contributed by atoms with Crippen LogP contribution < -0.4 is 11.1 Å². The number of aromatic amines is 2. The number of aromatic nitrogens is 2. The molecule has 1 aromatic heterocycles. The van der Waals surface area contributed by atoms with Gasteiger partial charge in [0, 0.05) is 25.2 Å². The Hall–Kier alpha value is -3.11. The van der Waals surface area contributed by atoms with Crippen molar-refractivity contribution in [3.8, 4) is 0 Å². The fraction of sp³-hybridized carbons (Fsp3) is 0.176. The molecule has 0 saturated heterocycles. The number of nitro groups is 1. The Kier molecular flexibility index (Phi) is 5.76. The zero-order valence-electron chi connectivity index (χ0n) is 14.9. The maximum Gasteiger partial charge on any atom is 0.339 e. The molecule has 3 aromatic rings. The number of nitro benzene ring substituents is 1. The van der Waals surface area contributed by atoms with Gasteiger partial charge in [-0.3, -0.25) is 29.2 Å². The van der Waals surface area contributed by atoms with Crippen LogP contribution in [0.15, 0.2) is 52.1 Å². The van der Waals surface area contributed by atoms with Crippen molar-refractivity contribution in [1.82, 2.24) is 14.9 Å².